The summed E-state index contributed by atoms with van der Waals surface area (Å²) in [6.07, 6.45) is 5.34. The second kappa shape index (κ2) is 9.89. The Morgan fingerprint density at radius 1 is 1.09 bits per heavy atom. The maximum absolute atomic E-state index is 9.65. The fourth-order valence-corrected chi connectivity index (χ4v) is 4.53. The number of aromatic nitrogens is 4. The third-order valence-corrected chi connectivity index (χ3v) is 6.32. The number of methoxy groups -OCH3 is 1. The minimum Gasteiger partial charge on any atom is -0.494 e. The number of rotatable bonds is 7. The molecule has 0 saturated carbocycles. The highest BCUT2D eigenvalue weighted by atomic mass is 16.5. The molecule has 0 unspecified atom stereocenters. The molecule has 1 aromatic carbocycles. The number of hydrogen-bond donors (Lipinski definition) is 2. The molecule has 1 saturated heterocycles. The van der Waals surface area contributed by atoms with E-state index in [-0.39, 0.29) is 6.10 Å². The third-order valence-electron chi connectivity index (χ3n) is 6.32. The molecule has 9 heteroatoms. The number of hydrogen-bond acceptors (Lipinski definition) is 8. The van der Waals surface area contributed by atoms with Crippen LogP contribution in [0, 0.1) is 6.92 Å². The summed E-state index contributed by atoms with van der Waals surface area (Å²) in [5.74, 6) is 1.23. The van der Waals surface area contributed by atoms with Crippen LogP contribution in [0.2, 0.25) is 0 Å². The monoisotopic (exact) mass is 473 g/mol. The van der Waals surface area contributed by atoms with E-state index in [1.54, 1.807) is 7.11 Å². The van der Waals surface area contributed by atoms with Gasteiger partial charge in [-0.05, 0) is 43.7 Å². The van der Waals surface area contributed by atoms with Crippen LogP contribution in [0.15, 0.2) is 55.0 Å². The number of imidazole rings is 1. The van der Waals surface area contributed by atoms with Gasteiger partial charge in [-0.1, -0.05) is 6.07 Å². The van der Waals surface area contributed by atoms with Crippen molar-refractivity contribution in [3.8, 4) is 17.1 Å². The summed E-state index contributed by atoms with van der Waals surface area (Å²) in [4.78, 5) is 18.4. The number of β-amino-alcohol motifs (C(OH)–C–C–N with tert-alkyl or cyclic N) is 1. The number of ether oxygens (including phenoxy) is 1. The fraction of sp³-hybridized carbons (Fsp3) is 0.346. The zero-order valence-electron chi connectivity index (χ0n) is 20.3. The first kappa shape index (κ1) is 23.1. The Labute approximate surface area is 205 Å². The molecule has 0 aliphatic carbocycles. The van der Waals surface area contributed by atoms with Crippen LogP contribution in [0.4, 0.5) is 17.3 Å². The molecule has 0 bridgehead atoms. The second-order valence-electron chi connectivity index (χ2n) is 8.94. The van der Waals surface area contributed by atoms with Crippen LogP contribution in [0.5, 0.6) is 5.75 Å². The average molecular weight is 474 g/mol. The number of aliphatic hydroxyl groups is 1. The fourth-order valence-electron chi connectivity index (χ4n) is 4.53. The SMILES string of the molecule is COc1cc(N2CCN(C[C@@H](C)O)CC2)ccc1Nc1ncc(C)c(-c2cnc3ccccn23)n1. The van der Waals surface area contributed by atoms with Crippen LogP contribution >= 0.6 is 0 Å². The van der Waals surface area contributed by atoms with Crippen LogP contribution in [0.25, 0.3) is 17.0 Å². The van der Waals surface area contributed by atoms with Crippen molar-refractivity contribution in [1.82, 2.24) is 24.3 Å². The van der Waals surface area contributed by atoms with E-state index in [9.17, 15) is 5.11 Å². The van der Waals surface area contributed by atoms with Crippen molar-refractivity contribution in [2.75, 3.05) is 50.1 Å². The molecule has 0 radical (unpaired) electrons. The van der Waals surface area contributed by atoms with Gasteiger partial charge >= 0.3 is 0 Å². The number of benzene rings is 1. The molecule has 0 spiro atoms. The minimum absolute atomic E-state index is 0.302. The Morgan fingerprint density at radius 3 is 2.69 bits per heavy atom. The molecule has 9 nitrogen and oxygen atoms in total. The van der Waals surface area contributed by atoms with Crippen molar-refractivity contribution in [3.63, 3.8) is 0 Å². The highest BCUT2D eigenvalue weighted by Crippen LogP contribution is 2.32. The van der Waals surface area contributed by atoms with Crippen molar-refractivity contribution < 1.29 is 9.84 Å². The first-order chi connectivity index (χ1) is 17.0. The molecule has 1 aliphatic heterocycles. The van der Waals surface area contributed by atoms with E-state index in [1.807, 2.05) is 67.2 Å². The van der Waals surface area contributed by atoms with Crippen LogP contribution in [0.3, 0.4) is 0 Å². The molecular formula is C26H31N7O2. The lowest BCUT2D eigenvalue weighted by Gasteiger charge is -2.36. The van der Waals surface area contributed by atoms with Gasteiger partial charge in [0.1, 0.15) is 11.4 Å². The third kappa shape index (κ3) is 4.91. The van der Waals surface area contributed by atoms with Crippen molar-refractivity contribution >= 4 is 23.0 Å². The topological polar surface area (TPSA) is 91.0 Å². The Kier molecular flexibility index (Phi) is 6.52. The second-order valence-corrected chi connectivity index (χ2v) is 8.94. The highest BCUT2D eigenvalue weighted by Gasteiger charge is 2.20. The largest absolute Gasteiger partial charge is 0.494 e. The molecule has 1 atom stereocenters. The molecule has 3 aromatic heterocycles. The van der Waals surface area contributed by atoms with E-state index in [2.05, 4.69) is 31.2 Å². The van der Waals surface area contributed by atoms with Gasteiger partial charge in [0.2, 0.25) is 5.95 Å². The lowest BCUT2D eigenvalue weighted by molar-refractivity contribution is 0.122. The first-order valence-corrected chi connectivity index (χ1v) is 11.9. The number of fused-ring (bicyclic) bond motifs is 1. The molecule has 4 aromatic rings. The Morgan fingerprint density at radius 2 is 1.91 bits per heavy atom. The van der Waals surface area contributed by atoms with Gasteiger partial charge in [0, 0.05) is 56.9 Å². The Bertz CT molecular complexity index is 1310. The van der Waals surface area contributed by atoms with Crippen LogP contribution in [0.1, 0.15) is 12.5 Å². The summed E-state index contributed by atoms with van der Waals surface area (Å²) in [5.41, 5.74) is 5.50. The molecule has 35 heavy (non-hydrogen) atoms. The van der Waals surface area contributed by atoms with Gasteiger partial charge in [-0.25, -0.2) is 15.0 Å². The van der Waals surface area contributed by atoms with Gasteiger partial charge in [-0.3, -0.25) is 9.30 Å². The molecule has 2 N–H and O–H groups in total. The predicted molar refractivity (Wildman–Crippen MR) is 138 cm³/mol. The summed E-state index contributed by atoms with van der Waals surface area (Å²) in [7, 11) is 1.67. The molecule has 1 aliphatic rings. The maximum atomic E-state index is 9.65. The highest BCUT2D eigenvalue weighted by molar-refractivity contribution is 5.70. The van der Waals surface area contributed by atoms with Gasteiger partial charge in [-0.2, -0.15) is 0 Å². The summed E-state index contributed by atoms with van der Waals surface area (Å²) < 4.78 is 7.73. The lowest BCUT2D eigenvalue weighted by Crippen LogP contribution is -2.48. The van der Waals surface area contributed by atoms with E-state index >= 15 is 0 Å². The van der Waals surface area contributed by atoms with E-state index in [0.717, 1.165) is 65.9 Å². The zero-order chi connectivity index (χ0) is 24.4. The standard InChI is InChI=1S/C26H31N7O2/c1-18-15-28-26(30-25(18)22-16-27-24-6-4-5-9-33(22)24)29-21-8-7-20(14-23(21)35-3)32-12-10-31(11-13-32)17-19(2)34/h4-9,14-16,19,34H,10-13,17H2,1-3H3,(H,28,29,30)/t19-/m1/s1. The normalized spacial score (nSPS) is 15.4. The van der Waals surface area contributed by atoms with Gasteiger partial charge in [-0.15, -0.1) is 0 Å². The van der Waals surface area contributed by atoms with E-state index < -0.39 is 0 Å². The lowest BCUT2D eigenvalue weighted by atomic mass is 10.2. The maximum Gasteiger partial charge on any atom is 0.227 e. The molecule has 0 amide bonds. The number of nitrogens with one attached hydrogen (secondary N) is 1. The van der Waals surface area contributed by atoms with Gasteiger partial charge < -0.3 is 20.1 Å². The molecular weight excluding hydrogens is 442 g/mol. The van der Waals surface area contributed by atoms with Crippen molar-refractivity contribution in [1.29, 1.82) is 0 Å². The van der Waals surface area contributed by atoms with Crippen molar-refractivity contribution in [2.45, 2.75) is 20.0 Å². The van der Waals surface area contributed by atoms with Gasteiger partial charge in [0.25, 0.3) is 0 Å². The number of piperazine rings is 1. The Hall–Kier alpha value is -3.69. The van der Waals surface area contributed by atoms with Gasteiger partial charge in [0.15, 0.2) is 0 Å². The number of aryl methyl sites for hydroxylation is 1. The first-order valence-electron chi connectivity index (χ1n) is 11.9. The van der Waals surface area contributed by atoms with Crippen LogP contribution in [-0.2, 0) is 0 Å². The van der Waals surface area contributed by atoms with Crippen molar-refractivity contribution in [3.05, 3.63) is 60.6 Å². The molecule has 182 valence electrons. The van der Waals surface area contributed by atoms with Gasteiger partial charge in [0.05, 0.1) is 36.5 Å². The molecule has 1 fully saturated rings. The van der Waals surface area contributed by atoms with Crippen molar-refractivity contribution in [2.24, 2.45) is 0 Å². The Balaban J connectivity index is 1.36. The summed E-state index contributed by atoms with van der Waals surface area (Å²) in [6.45, 7) is 8.22. The minimum atomic E-state index is -0.302. The zero-order valence-corrected chi connectivity index (χ0v) is 20.3. The molecule has 5 rings (SSSR count). The number of aliphatic hydroxyl groups excluding tert-OH is 1. The number of anilines is 3. The number of nitrogens with zero attached hydrogens (tertiary/aromatic N) is 6. The van der Waals surface area contributed by atoms with Crippen LogP contribution in [-0.4, -0.2) is 75.3 Å². The van der Waals surface area contributed by atoms with Crippen LogP contribution < -0.4 is 15.0 Å². The summed E-state index contributed by atoms with van der Waals surface area (Å²) in [6, 6.07) is 12.1. The van der Waals surface area contributed by atoms with E-state index in [4.69, 9.17) is 9.72 Å². The average Bonchev–Trinajstić information content (AvgIpc) is 3.29. The number of pyridine rings is 1. The van der Waals surface area contributed by atoms with E-state index in [0.29, 0.717) is 12.5 Å². The molecule has 4 heterocycles. The summed E-state index contributed by atoms with van der Waals surface area (Å²) in [5, 5.41) is 13.0. The van der Waals surface area contributed by atoms with E-state index in [1.165, 1.54) is 0 Å². The quantitative estimate of drug-likeness (QED) is 0.422. The summed E-state index contributed by atoms with van der Waals surface area (Å²) >= 11 is 0. The predicted octanol–water partition coefficient (Wildman–Crippen LogP) is 3.35. The smallest absolute Gasteiger partial charge is 0.227 e.